The van der Waals surface area contributed by atoms with Gasteiger partial charge < -0.3 is 15.7 Å². The Kier molecular flexibility index (Phi) is 4.69. The van der Waals surface area contributed by atoms with Crippen molar-refractivity contribution in [2.45, 2.75) is 19.4 Å². The van der Waals surface area contributed by atoms with Gasteiger partial charge in [0.15, 0.2) is 0 Å². The molecule has 0 aromatic carbocycles. The lowest BCUT2D eigenvalue weighted by Gasteiger charge is -2.08. The molecule has 0 spiro atoms. The van der Waals surface area contributed by atoms with Crippen molar-refractivity contribution < 1.29 is 19.5 Å². The summed E-state index contributed by atoms with van der Waals surface area (Å²) in [5.41, 5.74) is 0.980. The van der Waals surface area contributed by atoms with Gasteiger partial charge in [-0.05, 0) is 36.6 Å². The molecule has 0 atom stereocenters. The number of carboxylic acid groups (broad SMARTS) is 1. The number of hydrogen-bond acceptors (Lipinski definition) is 5. The SMILES string of the molecule is O=C(O)c1cncc(CNC(=O)c2ccnc(NC(=O)C3CC3)c2)c1. The lowest BCUT2D eigenvalue weighted by atomic mass is 10.2. The van der Waals surface area contributed by atoms with Crippen molar-refractivity contribution in [3.05, 3.63) is 53.5 Å². The Labute approximate surface area is 143 Å². The van der Waals surface area contributed by atoms with E-state index in [-0.39, 0.29) is 29.8 Å². The molecule has 2 aromatic heterocycles. The van der Waals surface area contributed by atoms with E-state index in [1.807, 2.05) is 0 Å². The first-order chi connectivity index (χ1) is 12.0. The second kappa shape index (κ2) is 7.08. The molecule has 0 radical (unpaired) electrons. The van der Waals surface area contributed by atoms with Crippen LogP contribution in [-0.4, -0.2) is 32.9 Å². The van der Waals surface area contributed by atoms with Gasteiger partial charge in [-0.15, -0.1) is 0 Å². The summed E-state index contributed by atoms with van der Waals surface area (Å²) in [4.78, 5) is 42.8. The van der Waals surface area contributed by atoms with E-state index in [9.17, 15) is 14.4 Å². The van der Waals surface area contributed by atoms with Crippen LogP contribution in [0.15, 0.2) is 36.8 Å². The monoisotopic (exact) mass is 340 g/mol. The molecule has 1 aliphatic rings. The van der Waals surface area contributed by atoms with Crippen LogP contribution in [0.1, 0.15) is 39.1 Å². The fourth-order valence-electron chi connectivity index (χ4n) is 2.20. The Morgan fingerprint density at radius 2 is 1.96 bits per heavy atom. The molecular weight excluding hydrogens is 324 g/mol. The van der Waals surface area contributed by atoms with Crippen LogP contribution in [0, 0.1) is 5.92 Å². The number of carbonyl (C=O) groups excluding carboxylic acids is 2. The van der Waals surface area contributed by atoms with Gasteiger partial charge in [-0.3, -0.25) is 14.6 Å². The molecule has 2 amide bonds. The molecule has 8 nitrogen and oxygen atoms in total. The minimum Gasteiger partial charge on any atom is -0.478 e. The molecule has 0 unspecified atom stereocenters. The lowest BCUT2D eigenvalue weighted by molar-refractivity contribution is -0.117. The van der Waals surface area contributed by atoms with Crippen LogP contribution in [0.5, 0.6) is 0 Å². The van der Waals surface area contributed by atoms with Crippen LogP contribution >= 0.6 is 0 Å². The highest BCUT2D eigenvalue weighted by atomic mass is 16.4. The number of nitrogens with zero attached hydrogens (tertiary/aromatic N) is 2. The van der Waals surface area contributed by atoms with Crippen LogP contribution in [0.4, 0.5) is 5.82 Å². The van der Waals surface area contributed by atoms with Crippen molar-refractivity contribution in [2.75, 3.05) is 5.32 Å². The quantitative estimate of drug-likeness (QED) is 0.732. The fraction of sp³-hybridized carbons (Fsp3) is 0.235. The number of aromatic nitrogens is 2. The second-order valence-electron chi connectivity index (χ2n) is 5.76. The third kappa shape index (κ3) is 4.37. The molecule has 128 valence electrons. The summed E-state index contributed by atoms with van der Waals surface area (Å²) in [5, 5.41) is 14.3. The Balaban J connectivity index is 1.62. The van der Waals surface area contributed by atoms with Crippen molar-refractivity contribution in [1.82, 2.24) is 15.3 Å². The van der Waals surface area contributed by atoms with E-state index >= 15 is 0 Å². The largest absolute Gasteiger partial charge is 0.478 e. The molecule has 0 saturated heterocycles. The van der Waals surface area contributed by atoms with Crippen LogP contribution in [0.3, 0.4) is 0 Å². The van der Waals surface area contributed by atoms with Gasteiger partial charge in [0.25, 0.3) is 5.91 Å². The van der Waals surface area contributed by atoms with E-state index in [0.29, 0.717) is 16.9 Å². The Hall–Kier alpha value is -3.29. The van der Waals surface area contributed by atoms with E-state index in [1.165, 1.54) is 36.8 Å². The third-order valence-electron chi connectivity index (χ3n) is 3.72. The first-order valence-electron chi connectivity index (χ1n) is 7.75. The number of anilines is 1. The van der Waals surface area contributed by atoms with Gasteiger partial charge in [0.2, 0.25) is 5.91 Å². The van der Waals surface area contributed by atoms with Crippen LogP contribution < -0.4 is 10.6 Å². The molecule has 1 aliphatic carbocycles. The van der Waals surface area contributed by atoms with Crippen molar-refractivity contribution >= 4 is 23.6 Å². The number of amides is 2. The van der Waals surface area contributed by atoms with Gasteiger partial charge >= 0.3 is 5.97 Å². The maximum absolute atomic E-state index is 12.2. The molecular formula is C17H16N4O4. The highest BCUT2D eigenvalue weighted by Gasteiger charge is 2.29. The number of hydrogen-bond donors (Lipinski definition) is 3. The number of pyridine rings is 2. The number of aromatic carboxylic acids is 1. The van der Waals surface area contributed by atoms with Crippen LogP contribution in [0.2, 0.25) is 0 Å². The van der Waals surface area contributed by atoms with Gasteiger partial charge in [0, 0.05) is 36.6 Å². The molecule has 8 heteroatoms. The van der Waals surface area contributed by atoms with Crippen molar-refractivity contribution in [2.24, 2.45) is 5.92 Å². The lowest BCUT2D eigenvalue weighted by Crippen LogP contribution is -2.23. The number of carboxylic acids is 1. The average Bonchev–Trinajstić information content (AvgIpc) is 3.45. The minimum absolute atomic E-state index is 0.0493. The van der Waals surface area contributed by atoms with E-state index in [1.54, 1.807) is 0 Å². The maximum atomic E-state index is 12.2. The van der Waals surface area contributed by atoms with E-state index in [0.717, 1.165) is 12.8 Å². The number of carbonyl (C=O) groups is 3. The summed E-state index contributed by atoms with van der Waals surface area (Å²) in [6.07, 6.45) is 5.95. The summed E-state index contributed by atoms with van der Waals surface area (Å²) in [7, 11) is 0. The Morgan fingerprint density at radius 1 is 1.16 bits per heavy atom. The average molecular weight is 340 g/mol. The first-order valence-corrected chi connectivity index (χ1v) is 7.75. The van der Waals surface area contributed by atoms with E-state index in [4.69, 9.17) is 5.11 Å². The number of rotatable bonds is 6. The number of nitrogens with one attached hydrogen (secondary N) is 2. The Bertz CT molecular complexity index is 833. The minimum atomic E-state index is -1.08. The Morgan fingerprint density at radius 3 is 2.68 bits per heavy atom. The predicted octanol–water partition coefficient (Wildman–Crippen LogP) is 1.45. The summed E-state index contributed by atoms with van der Waals surface area (Å²) in [6.45, 7) is 0.138. The zero-order chi connectivity index (χ0) is 17.8. The smallest absolute Gasteiger partial charge is 0.337 e. The summed E-state index contributed by atoms with van der Waals surface area (Å²) in [5.74, 6) is -1.13. The van der Waals surface area contributed by atoms with Crippen molar-refractivity contribution in [3.8, 4) is 0 Å². The molecule has 2 heterocycles. The van der Waals surface area contributed by atoms with Crippen molar-refractivity contribution in [3.63, 3.8) is 0 Å². The van der Waals surface area contributed by atoms with Gasteiger partial charge in [0.1, 0.15) is 5.82 Å². The first kappa shape index (κ1) is 16.6. The van der Waals surface area contributed by atoms with Gasteiger partial charge in [0.05, 0.1) is 5.56 Å². The van der Waals surface area contributed by atoms with Gasteiger partial charge in [-0.25, -0.2) is 9.78 Å². The van der Waals surface area contributed by atoms with Gasteiger partial charge in [-0.1, -0.05) is 0 Å². The standard InChI is InChI=1S/C17H16N4O4/c22-15(20-8-10-5-13(17(24)25)9-18-7-10)12-3-4-19-14(6-12)21-16(23)11-1-2-11/h3-7,9,11H,1-2,8H2,(H,20,22)(H,24,25)(H,19,21,23). The normalized spacial score (nSPS) is 13.1. The molecule has 0 aliphatic heterocycles. The highest BCUT2D eigenvalue weighted by Crippen LogP contribution is 2.29. The molecule has 1 saturated carbocycles. The summed E-state index contributed by atoms with van der Waals surface area (Å²) in [6, 6.07) is 4.49. The van der Waals surface area contributed by atoms with Crippen LogP contribution in [-0.2, 0) is 11.3 Å². The van der Waals surface area contributed by atoms with Crippen LogP contribution in [0.25, 0.3) is 0 Å². The molecule has 25 heavy (non-hydrogen) atoms. The van der Waals surface area contributed by atoms with Crippen molar-refractivity contribution in [1.29, 1.82) is 0 Å². The topological polar surface area (TPSA) is 121 Å². The fourth-order valence-corrected chi connectivity index (χ4v) is 2.20. The molecule has 3 rings (SSSR count). The molecule has 2 aromatic rings. The van der Waals surface area contributed by atoms with E-state index in [2.05, 4.69) is 20.6 Å². The maximum Gasteiger partial charge on any atom is 0.337 e. The van der Waals surface area contributed by atoms with E-state index < -0.39 is 5.97 Å². The zero-order valence-electron chi connectivity index (χ0n) is 13.2. The highest BCUT2D eigenvalue weighted by molar-refractivity contribution is 5.97. The molecule has 0 bridgehead atoms. The third-order valence-corrected chi connectivity index (χ3v) is 3.72. The zero-order valence-corrected chi connectivity index (χ0v) is 13.2. The molecule has 1 fully saturated rings. The molecule has 3 N–H and O–H groups in total. The van der Waals surface area contributed by atoms with Gasteiger partial charge in [-0.2, -0.15) is 0 Å². The summed E-state index contributed by atoms with van der Waals surface area (Å²) < 4.78 is 0. The second-order valence-corrected chi connectivity index (χ2v) is 5.76. The summed E-state index contributed by atoms with van der Waals surface area (Å²) >= 11 is 0. The predicted molar refractivity (Wildman–Crippen MR) is 88.0 cm³/mol.